The van der Waals surface area contributed by atoms with Crippen molar-refractivity contribution in [3.05, 3.63) is 64.4 Å². The summed E-state index contributed by atoms with van der Waals surface area (Å²) in [5.74, 6) is -4.65. The lowest BCUT2D eigenvalue weighted by atomic mass is 9.86. The molecule has 0 radical (unpaired) electrons. The predicted octanol–water partition coefficient (Wildman–Crippen LogP) is 4.18. The molecule has 5 N–H and O–H groups in total. The Balaban J connectivity index is 0.000000408. The molecule has 0 aliphatic carbocycles. The maximum Gasteiger partial charge on any atom is 0.336 e. The predicted molar refractivity (Wildman–Crippen MR) is 174 cm³/mol. The first kappa shape index (κ1) is 38.7. The number of ether oxygens (including phenoxy) is 1. The molecule has 2 aromatic rings. The van der Waals surface area contributed by atoms with E-state index in [9.17, 15) is 28.7 Å². The van der Waals surface area contributed by atoms with Gasteiger partial charge in [-0.3, -0.25) is 19.3 Å². The van der Waals surface area contributed by atoms with E-state index in [2.05, 4.69) is 9.80 Å². The van der Waals surface area contributed by atoms with Gasteiger partial charge in [-0.25, -0.2) is 9.18 Å². The molecule has 0 amide bonds. The van der Waals surface area contributed by atoms with E-state index in [0.29, 0.717) is 12.3 Å². The van der Waals surface area contributed by atoms with Gasteiger partial charge in [0.2, 0.25) is 0 Å². The summed E-state index contributed by atoms with van der Waals surface area (Å²) in [6.45, 7) is 8.46. The highest BCUT2D eigenvalue weighted by molar-refractivity contribution is 6.30. The van der Waals surface area contributed by atoms with Crippen molar-refractivity contribution in [3.63, 3.8) is 0 Å². The Morgan fingerprint density at radius 3 is 1.92 bits per heavy atom. The maximum absolute atomic E-state index is 13.3. The molecule has 48 heavy (non-hydrogen) atoms. The highest BCUT2D eigenvalue weighted by atomic mass is 35.5. The number of rotatable bonds is 13. The number of carbonyl (C=O) groups is 4. The third kappa shape index (κ3) is 11.1. The van der Waals surface area contributed by atoms with Crippen molar-refractivity contribution in [2.45, 2.75) is 76.0 Å². The van der Waals surface area contributed by atoms with E-state index in [0.717, 1.165) is 80.3 Å². The molecule has 2 aliphatic rings. The minimum atomic E-state index is -2.74. The van der Waals surface area contributed by atoms with E-state index in [1.54, 1.807) is 19.1 Å². The van der Waals surface area contributed by atoms with Crippen LogP contribution in [0.15, 0.2) is 42.5 Å². The molecule has 1 atom stereocenters. The van der Waals surface area contributed by atoms with Crippen LogP contribution in [0.3, 0.4) is 0 Å². The van der Waals surface area contributed by atoms with Crippen LogP contribution in [0.2, 0.25) is 5.02 Å². The van der Waals surface area contributed by atoms with Crippen molar-refractivity contribution in [1.82, 2.24) is 9.80 Å². The smallest absolute Gasteiger partial charge is 0.336 e. The molecule has 2 aliphatic heterocycles. The average Bonchev–Trinajstić information content (AvgIpc) is 3.00. The van der Waals surface area contributed by atoms with Crippen LogP contribution in [-0.4, -0.2) is 109 Å². The number of carboxylic acids is 4. The van der Waals surface area contributed by atoms with Crippen molar-refractivity contribution >= 4 is 35.5 Å². The Hall–Kier alpha value is -3.78. The van der Waals surface area contributed by atoms with Gasteiger partial charge in [0, 0.05) is 31.1 Å². The second-order valence-corrected chi connectivity index (χ2v) is 13.3. The monoisotopic (exact) mass is 694 g/mol. The number of piperidine rings is 2. The van der Waals surface area contributed by atoms with E-state index < -0.39 is 47.9 Å². The molecule has 12 nitrogen and oxygen atoms in total. The Labute approximate surface area is 283 Å². The summed E-state index contributed by atoms with van der Waals surface area (Å²) in [7, 11) is 0. The minimum absolute atomic E-state index is 0.232. The van der Waals surface area contributed by atoms with Gasteiger partial charge in [-0.05, 0) is 100.0 Å². The summed E-state index contributed by atoms with van der Waals surface area (Å²) in [5.41, 5.74) is -1.81. The molecule has 0 bridgehead atoms. The maximum atomic E-state index is 13.3. The summed E-state index contributed by atoms with van der Waals surface area (Å²) < 4.78 is 19.5. The normalized spacial score (nSPS) is 17.9. The number of nitrogens with zero attached hydrogens (tertiary/aromatic N) is 2. The zero-order valence-electron chi connectivity index (χ0n) is 27.1. The molecule has 2 heterocycles. The van der Waals surface area contributed by atoms with E-state index in [4.69, 9.17) is 36.8 Å². The summed E-state index contributed by atoms with van der Waals surface area (Å²) in [6, 6.07) is 11.9. The standard InChI is InChI=1S/C28H36ClFN2O3.C6H8O7/c1-20-17-23(29)5-8-26(20)35-25-11-13-31(14-12-25)19-22-9-15-32(16-10-22)28(2,27(33)34)18-21-3-6-24(30)7-4-21;7-3(8)1-6(13,5(11)12)2-4(9)10/h3-8,17,22,25H,9-16,18-19H2,1-2H3,(H,33,34);13H,1-2H2,(H,7,8)(H,9,10)(H,11,12)/t28-;/m0./s1. The number of aryl methyl sites for hydroxylation is 1. The van der Waals surface area contributed by atoms with Crippen LogP contribution in [-0.2, 0) is 25.6 Å². The van der Waals surface area contributed by atoms with E-state index in [-0.39, 0.29) is 11.9 Å². The fourth-order valence-electron chi connectivity index (χ4n) is 6.14. The highest BCUT2D eigenvalue weighted by Crippen LogP contribution is 2.30. The van der Waals surface area contributed by atoms with Gasteiger partial charge in [0.25, 0.3) is 0 Å². The van der Waals surface area contributed by atoms with Gasteiger partial charge in [0.05, 0.1) is 12.8 Å². The second kappa shape index (κ2) is 17.0. The number of aliphatic carboxylic acids is 4. The Morgan fingerprint density at radius 2 is 1.44 bits per heavy atom. The fraction of sp³-hybridized carbons (Fsp3) is 0.529. The zero-order valence-corrected chi connectivity index (χ0v) is 27.9. The van der Waals surface area contributed by atoms with Gasteiger partial charge in [-0.15, -0.1) is 0 Å². The summed E-state index contributed by atoms with van der Waals surface area (Å²) in [5, 5.41) is 44.6. The van der Waals surface area contributed by atoms with E-state index in [1.165, 1.54) is 12.1 Å². The topological polar surface area (TPSA) is 185 Å². The third-order valence-corrected chi connectivity index (χ3v) is 9.24. The quantitative estimate of drug-likeness (QED) is 0.202. The molecule has 2 saturated heterocycles. The number of hydrogen-bond acceptors (Lipinski definition) is 8. The summed E-state index contributed by atoms with van der Waals surface area (Å²) in [4.78, 5) is 47.4. The number of likely N-dealkylation sites (tertiary alicyclic amines) is 2. The minimum Gasteiger partial charge on any atom is -0.490 e. The Kier molecular flexibility index (Phi) is 13.7. The molecular formula is C34H44ClFN2O10. The molecule has 2 fully saturated rings. The molecule has 2 aromatic carbocycles. The van der Waals surface area contributed by atoms with E-state index in [1.807, 2.05) is 25.1 Å². The molecule has 0 aromatic heterocycles. The van der Waals surface area contributed by atoms with Crippen LogP contribution >= 0.6 is 11.6 Å². The van der Waals surface area contributed by atoms with Gasteiger partial charge < -0.3 is 35.2 Å². The first-order valence-electron chi connectivity index (χ1n) is 15.8. The average molecular weight is 695 g/mol. The first-order chi connectivity index (χ1) is 22.5. The summed E-state index contributed by atoms with van der Waals surface area (Å²) in [6.07, 6.45) is 2.32. The van der Waals surface area contributed by atoms with Gasteiger partial charge in [0.15, 0.2) is 5.60 Å². The number of halogens is 2. The van der Waals surface area contributed by atoms with Crippen molar-refractivity contribution < 1.29 is 53.8 Å². The first-order valence-corrected chi connectivity index (χ1v) is 16.2. The molecular weight excluding hydrogens is 651 g/mol. The lowest BCUT2D eigenvalue weighted by Crippen LogP contribution is -2.57. The van der Waals surface area contributed by atoms with Crippen LogP contribution in [0.25, 0.3) is 0 Å². The van der Waals surface area contributed by atoms with Gasteiger partial charge in [0.1, 0.15) is 23.2 Å². The van der Waals surface area contributed by atoms with Crippen LogP contribution in [0.1, 0.15) is 56.6 Å². The van der Waals surface area contributed by atoms with Crippen molar-refractivity contribution in [2.24, 2.45) is 5.92 Å². The fourth-order valence-corrected chi connectivity index (χ4v) is 6.37. The van der Waals surface area contributed by atoms with Gasteiger partial charge in [-0.1, -0.05) is 23.7 Å². The van der Waals surface area contributed by atoms with Gasteiger partial charge >= 0.3 is 23.9 Å². The summed E-state index contributed by atoms with van der Waals surface area (Å²) >= 11 is 6.06. The molecule has 264 valence electrons. The molecule has 0 spiro atoms. The number of carboxylic acid groups (broad SMARTS) is 4. The Morgan fingerprint density at radius 1 is 0.875 bits per heavy atom. The lowest BCUT2D eigenvalue weighted by Gasteiger charge is -2.43. The molecule has 0 saturated carbocycles. The van der Waals surface area contributed by atoms with Crippen LogP contribution < -0.4 is 4.74 Å². The molecule has 14 heteroatoms. The van der Waals surface area contributed by atoms with E-state index >= 15 is 0 Å². The third-order valence-electron chi connectivity index (χ3n) is 9.00. The van der Waals surface area contributed by atoms with Gasteiger partial charge in [-0.2, -0.15) is 0 Å². The lowest BCUT2D eigenvalue weighted by molar-refractivity contribution is -0.170. The van der Waals surface area contributed by atoms with Crippen molar-refractivity contribution in [2.75, 3.05) is 32.7 Å². The second-order valence-electron chi connectivity index (χ2n) is 12.8. The van der Waals surface area contributed by atoms with Crippen LogP contribution in [0, 0.1) is 18.7 Å². The number of aliphatic hydroxyl groups is 1. The van der Waals surface area contributed by atoms with Crippen molar-refractivity contribution in [1.29, 1.82) is 0 Å². The Bertz CT molecular complexity index is 1410. The zero-order chi connectivity index (χ0) is 35.6. The number of hydrogen-bond donors (Lipinski definition) is 5. The van der Waals surface area contributed by atoms with Crippen LogP contribution in [0.5, 0.6) is 5.75 Å². The molecule has 4 rings (SSSR count). The number of benzene rings is 2. The largest absolute Gasteiger partial charge is 0.490 e. The molecule has 0 unspecified atom stereocenters. The van der Waals surface area contributed by atoms with Crippen molar-refractivity contribution in [3.8, 4) is 5.75 Å². The SMILES string of the molecule is Cc1cc(Cl)ccc1OC1CCN(CC2CCN([C@@](C)(Cc3ccc(F)cc3)C(=O)O)CC2)CC1.O=C(O)CC(O)(CC(=O)O)C(=O)O. The highest BCUT2D eigenvalue weighted by Gasteiger charge is 2.42. The van der Waals surface area contributed by atoms with Crippen LogP contribution in [0.4, 0.5) is 4.39 Å².